The van der Waals surface area contributed by atoms with E-state index < -0.39 is 0 Å². The lowest BCUT2D eigenvalue weighted by atomic mass is 9.44. The number of nitrogens with zero attached hydrogens (tertiary/aromatic N) is 1. The second-order valence-corrected chi connectivity index (χ2v) is 9.31. The third kappa shape index (κ3) is 2.03. The first-order valence-electron chi connectivity index (χ1n) is 9.79. The summed E-state index contributed by atoms with van der Waals surface area (Å²) in [4.78, 5) is 0. The summed E-state index contributed by atoms with van der Waals surface area (Å²) in [6.07, 6.45) is 15.1. The van der Waals surface area contributed by atoms with Crippen molar-refractivity contribution in [1.82, 2.24) is 0 Å². The van der Waals surface area contributed by atoms with Crippen LogP contribution in [0.5, 0.6) is 0 Å². The van der Waals surface area contributed by atoms with Crippen molar-refractivity contribution in [1.29, 1.82) is 5.26 Å². The highest BCUT2D eigenvalue weighted by atomic mass is 14.6. The van der Waals surface area contributed by atoms with Crippen LogP contribution in [0.15, 0.2) is 23.3 Å². The van der Waals surface area contributed by atoms with Gasteiger partial charge in [-0.3, -0.25) is 0 Å². The molecule has 0 aromatic rings. The predicted octanol–water partition coefficient (Wildman–Crippen LogP) is 6.04. The Kier molecular flexibility index (Phi) is 3.53. The van der Waals surface area contributed by atoms with Crippen molar-refractivity contribution in [2.24, 2.45) is 34.5 Å². The molecule has 4 rings (SSSR count). The zero-order chi connectivity index (χ0) is 16.2. The summed E-state index contributed by atoms with van der Waals surface area (Å²) in [5.41, 5.74) is 4.04. The summed E-state index contributed by atoms with van der Waals surface area (Å²) in [5, 5.41) is 9.19. The van der Waals surface area contributed by atoms with Crippen LogP contribution < -0.4 is 0 Å². The molecule has 0 aromatic carbocycles. The molecule has 4 aliphatic rings. The summed E-state index contributed by atoms with van der Waals surface area (Å²) in [6.45, 7) is 7.59. The molecular weight excluding hydrogens is 278 g/mol. The van der Waals surface area contributed by atoms with E-state index in [1.165, 1.54) is 56.9 Å². The molecule has 0 saturated heterocycles. The number of fused-ring (bicyclic) bond motifs is 5. The minimum absolute atomic E-state index is 0.308. The van der Waals surface area contributed by atoms with E-state index in [4.69, 9.17) is 0 Å². The molecule has 4 aliphatic carbocycles. The lowest BCUT2D eigenvalue weighted by Gasteiger charge is -2.60. The minimum atomic E-state index is 0.308. The van der Waals surface area contributed by atoms with Gasteiger partial charge in [0.05, 0.1) is 6.07 Å². The van der Waals surface area contributed by atoms with E-state index >= 15 is 0 Å². The van der Waals surface area contributed by atoms with E-state index in [9.17, 15) is 5.26 Å². The number of nitriles is 1. The Balaban J connectivity index is 1.74. The summed E-state index contributed by atoms with van der Waals surface area (Å²) in [7, 11) is 0. The molecule has 124 valence electrons. The molecule has 0 N–H and O–H groups in total. The summed E-state index contributed by atoms with van der Waals surface area (Å²) < 4.78 is 0. The van der Waals surface area contributed by atoms with Crippen molar-refractivity contribution < 1.29 is 0 Å². The van der Waals surface area contributed by atoms with Gasteiger partial charge in [0.2, 0.25) is 0 Å². The molecule has 0 aromatic heterocycles. The van der Waals surface area contributed by atoms with Gasteiger partial charge in [0, 0.05) is 6.08 Å². The maximum Gasteiger partial charge on any atom is 0.0911 e. The molecule has 3 saturated carbocycles. The second kappa shape index (κ2) is 5.23. The maximum atomic E-state index is 9.19. The Labute approximate surface area is 141 Å². The second-order valence-electron chi connectivity index (χ2n) is 9.31. The highest BCUT2D eigenvalue weighted by Crippen LogP contribution is 2.68. The van der Waals surface area contributed by atoms with Crippen LogP contribution in [0.4, 0.5) is 0 Å². The molecule has 0 heterocycles. The van der Waals surface area contributed by atoms with Gasteiger partial charge in [0.25, 0.3) is 0 Å². The van der Waals surface area contributed by atoms with Gasteiger partial charge in [-0.25, -0.2) is 0 Å². The van der Waals surface area contributed by atoms with Crippen LogP contribution in [0.1, 0.15) is 72.1 Å². The van der Waals surface area contributed by atoms with Crippen molar-refractivity contribution in [2.45, 2.75) is 72.1 Å². The molecular formula is C22H31N. The zero-order valence-electron chi connectivity index (χ0n) is 15.1. The fourth-order valence-electron chi connectivity index (χ4n) is 7.62. The van der Waals surface area contributed by atoms with E-state index in [0.29, 0.717) is 10.8 Å². The highest BCUT2D eigenvalue weighted by Gasteiger charge is 2.59. The first kappa shape index (κ1) is 15.5. The van der Waals surface area contributed by atoms with Gasteiger partial charge >= 0.3 is 0 Å². The van der Waals surface area contributed by atoms with E-state index in [-0.39, 0.29) is 0 Å². The first-order chi connectivity index (χ1) is 11.0. The molecule has 0 amide bonds. The predicted molar refractivity (Wildman–Crippen MR) is 94.6 cm³/mol. The van der Waals surface area contributed by atoms with Crippen LogP contribution in [0.3, 0.4) is 0 Å². The minimum Gasteiger partial charge on any atom is -0.193 e. The van der Waals surface area contributed by atoms with Crippen LogP contribution in [-0.4, -0.2) is 0 Å². The summed E-state index contributed by atoms with van der Waals surface area (Å²) in [5.74, 6) is 3.37. The molecule has 3 fully saturated rings. The van der Waals surface area contributed by atoms with Gasteiger partial charge in [-0.05, 0) is 85.9 Å². The van der Waals surface area contributed by atoms with E-state index in [0.717, 1.165) is 23.7 Å². The Bertz CT molecular complexity index is 606. The molecule has 1 nitrogen and oxygen atoms in total. The molecule has 0 aliphatic heterocycles. The molecule has 0 spiro atoms. The summed E-state index contributed by atoms with van der Waals surface area (Å²) in [6, 6.07) is 2.34. The fraction of sp³-hybridized carbons (Fsp3) is 0.773. The first-order valence-corrected chi connectivity index (χ1v) is 9.79. The Morgan fingerprint density at radius 2 is 2.04 bits per heavy atom. The molecule has 5 unspecified atom stereocenters. The maximum absolute atomic E-state index is 9.19. The van der Waals surface area contributed by atoms with Crippen LogP contribution in [0.25, 0.3) is 0 Å². The molecule has 0 bridgehead atoms. The lowest BCUT2D eigenvalue weighted by molar-refractivity contribution is -0.0621. The third-order valence-corrected chi connectivity index (χ3v) is 8.36. The SMILES string of the molecule is C[C@H]1CC2(C)/C(=C\C#N)CCC2C2CCC3=CCCCC3(C)C21. The fourth-order valence-corrected chi connectivity index (χ4v) is 7.62. The average molecular weight is 309 g/mol. The quantitative estimate of drug-likeness (QED) is 0.395. The van der Waals surface area contributed by atoms with Crippen molar-refractivity contribution in [2.75, 3.05) is 0 Å². The smallest absolute Gasteiger partial charge is 0.0911 e. The van der Waals surface area contributed by atoms with Crippen molar-refractivity contribution >= 4 is 0 Å². The van der Waals surface area contributed by atoms with Crippen LogP contribution in [-0.2, 0) is 0 Å². The van der Waals surface area contributed by atoms with Gasteiger partial charge < -0.3 is 0 Å². The van der Waals surface area contributed by atoms with Gasteiger partial charge in [-0.1, -0.05) is 38.0 Å². The number of allylic oxidation sites excluding steroid dienone is 4. The van der Waals surface area contributed by atoms with Crippen molar-refractivity contribution in [3.63, 3.8) is 0 Å². The van der Waals surface area contributed by atoms with Crippen molar-refractivity contribution in [3.05, 3.63) is 23.3 Å². The summed E-state index contributed by atoms with van der Waals surface area (Å²) >= 11 is 0. The van der Waals surface area contributed by atoms with E-state index in [1.807, 2.05) is 6.08 Å². The van der Waals surface area contributed by atoms with E-state index in [1.54, 1.807) is 5.57 Å². The Hall–Kier alpha value is -1.03. The van der Waals surface area contributed by atoms with Crippen LogP contribution in [0, 0.1) is 45.8 Å². The van der Waals surface area contributed by atoms with E-state index in [2.05, 4.69) is 32.9 Å². The van der Waals surface area contributed by atoms with Crippen LogP contribution >= 0.6 is 0 Å². The number of hydrogen-bond acceptors (Lipinski definition) is 1. The Morgan fingerprint density at radius 1 is 1.22 bits per heavy atom. The molecule has 0 radical (unpaired) electrons. The monoisotopic (exact) mass is 309 g/mol. The third-order valence-electron chi connectivity index (χ3n) is 8.36. The van der Waals surface area contributed by atoms with Gasteiger partial charge in [-0.2, -0.15) is 5.26 Å². The van der Waals surface area contributed by atoms with Gasteiger partial charge in [0.15, 0.2) is 0 Å². The molecule has 6 atom stereocenters. The average Bonchev–Trinajstić information content (AvgIpc) is 2.83. The van der Waals surface area contributed by atoms with Gasteiger partial charge in [-0.15, -0.1) is 0 Å². The normalized spacial score (nSPS) is 50.5. The standard InChI is InChI=1S/C22H31N/c1-15-14-22(3)17(11-13-23)8-10-19(22)18-9-7-16-6-4-5-12-21(16,2)20(15)18/h6,11,15,18-20H,4-5,7-10,12,14H2,1-3H3/b17-11-/t15-,18?,19?,20?,21?,22?/m0/s1. The van der Waals surface area contributed by atoms with Gasteiger partial charge in [0.1, 0.15) is 0 Å². The van der Waals surface area contributed by atoms with Crippen molar-refractivity contribution in [3.8, 4) is 6.07 Å². The lowest BCUT2D eigenvalue weighted by Crippen LogP contribution is -2.52. The highest BCUT2D eigenvalue weighted by molar-refractivity contribution is 5.31. The number of rotatable bonds is 0. The molecule has 1 heteroatoms. The zero-order valence-corrected chi connectivity index (χ0v) is 15.1. The topological polar surface area (TPSA) is 23.8 Å². The molecule has 23 heavy (non-hydrogen) atoms. The number of hydrogen-bond donors (Lipinski definition) is 0. The largest absolute Gasteiger partial charge is 0.193 e. The van der Waals surface area contributed by atoms with Crippen LogP contribution in [0.2, 0.25) is 0 Å². The Morgan fingerprint density at radius 3 is 2.83 bits per heavy atom.